The molecule has 4 rings (SSSR count). The number of rotatable bonds is 6. The van der Waals surface area contributed by atoms with E-state index in [0.29, 0.717) is 34.9 Å². The molecule has 0 N–H and O–H groups in total. The first-order valence-corrected chi connectivity index (χ1v) is 8.24. The molecule has 1 unspecified atom stereocenters. The molecule has 1 aliphatic heterocycles. The Labute approximate surface area is 135 Å². The van der Waals surface area contributed by atoms with Gasteiger partial charge in [-0.3, -0.25) is 0 Å². The van der Waals surface area contributed by atoms with E-state index in [2.05, 4.69) is 25.7 Å². The summed E-state index contributed by atoms with van der Waals surface area (Å²) in [6, 6.07) is 3.56. The minimum atomic E-state index is 0.187. The third kappa shape index (κ3) is 3.27. The van der Waals surface area contributed by atoms with Gasteiger partial charge in [-0.2, -0.15) is 4.98 Å². The lowest BCUT2D eigenvalue weighted by atomic mass is 10.2. The number of hydrogen-bond acceptors (Lipinski definition) is 9. The molecular formula is C13H14N6O3S. The van der Waals surface area contributed by atoms with Crippen LogP contribution < -0.4 is 0 Å². The molecule has 23 heavy (non-hydrogen) atoms. The van der Waals surface area contributed by atoms with Crippen molar-refractivity contribution in [2.24, 2.45) is 0 Å². The fraction of sp³-hybridized carbons (Fsp3) is 0.462. The lowest BCUT2D eigenvalue weighted by Gasteiger charge is -2.09. The van der Waals surface area contributed by atoms with Crippen molar-refractivity contribution in [3.8, 4) is 11.6 Å². The lowest BCUT2D eigenvalue weighted by molar-refractivity contribution is 0.0912. The maximum atomic E-state index is 5.61. The Hall–Kier alpha value is -2.20. The van der Waals surface area contributed by atoms with Crippen LogP contribution in [0.2, 0.25) is 0 Å². The van der Waals surface area contributed by atoms with Gasteiger partial charge >= 0.3 is 0 Å². The molecule has 9 nitrogen and oxygen atoms in total. The van der Waals surface area contributed by atoms with Crippen LogP contribution in [0.4, 0.5) is 0 Å². The van der Waals surface area contributed by atoms with Crippen molar-refractivity contribution in [3.05, 3.63) is 24.3 Å². The summed E-state index contributed by atoms with van der Waals surface area (Å²) in [5.74, 6) is 1.99. The molecule has 0 aromatic carbocycles. The summed E-state index contributed by atoms with van der Waals surface area (Å²) in [7, 11) is 0. The van der Waals surface area contributed by atoms with Crippen LogP contribution in [0, 0.1) is 0 Å². The highest BCUT2D eigenvalue weighted by Crippen LogP contribution is 2.23. The third-order valence-electron chi connectivity index (χ3n) is 3.43. The summed E-state index contributed by atoms with van der Waals surface area (Å²) in [6.45, 7) is 1.48. The van der Waals surface area contributed by atoms with Crippen molar-refractivity contribution in [1.82, 2.24) is 30.3 Å². The molecule has 3 aromatic rings. The number of furan rings is 1. The predicted octanol–water partition coefficient (Wildman–Crippen LogP) is 1.79. The van der Waals surface area contributed by atoms with Crippen LogP contribution in [0.3, 0.4) is 0 Å². The van der Waals surface area contributed by atoms with Gasteiger partial charge in [0.05, 0.1) is 24.7 Å². The first kappa shape index (κ1) is 14.4. The van der Waals surface area contributed by atoms with Crippen LogP contribution >= 0.6 is 11.8 Å². The monoisotopic (exact) mass is 334 g/mol. The highest BCUT2D eigenvalue weighted by atomic mass is 32.2. The number of thioether (sulfide) groups is 1. The maximum absolute atomic E-state index is 5.61. The molecule has 0 bridgehead atoms. The van der Waals surface area contributed by atoms with Gasteiger partial charge < -0.3 is 13.7 Å². The number of tetrazole rings is 1. The molecule has 0 radical (unpaired) electrons. The molecule has 1 aliphatic rings. The highest BCUT2D eigenvalue weighted by molar-refractivity contribution is 7.98. The van der Waals surface area contributed by atoms with Crippen molar-refractivity contribution in [2.75, 3.05) is 6.61 Å². The fourth-order valence-corrected chi connectivity index (χ4v) is 3.07. The average Bonchev–Trinajstić information content (AvgIpc) is 3.34. The molecule has 1 saturated heterocycles. The fourth-order valence-electron chi connectivity index (χ4n) is 2.34. The molecule has 3 aromatic heterocycles. The SMILES string of the molecule is c1coc(-c2noc(CSc3nnnn3CC3CCCO3)n2)c1. The number of aromatic nitrogens is 6. The molecule has 1 atom stereocenters. The molecule has 0 aliphatic carbocycles. The molecule has 0 amide bonds. The summed E-state index contributed by atoms with van der Waals surface area (Å²) in [6.07, 6.45) is 3.89. The van der Waals surface area contributed by atoms with Crippen molar-refractivity contribution in [2.45, 2.75) is 36.4 Å². The Morgan fingerprint density at radius 3 is 3.22 bits per heavy atom. The van der Waals surface area contributed by atoms with Crippen molar-refractivity contribution >= 4 is 11.8 Å². The summed E-state index contributed by atoms with van der Waals surface area (Å²) >= 11 is 1.45. The van der Waals surface area contributed by atoms with Crippen molar-refractivity contribution in [3.63, 3.8) is 0 Å². The van der Waals surface area contributed by atoms with E-state index in [1.165, 1.54) is 11.8 Å². The smallest absolute Gasteiger partial charge is 0.238 e. The second-order valence-corrected chi connectivity index (χ2v) is 6.00. The number of hydrogen-bond donors (Lipinski definition) is 0. The largest absolute Gasteiger partial charge is 0.461 e. The summed E-state index contributed by atoms with van der Waals surface area (Å²) in [4.78, 5) is 4.29. The Morgan fingerprint density at radius 1 is 1.39 bits per heavy atom. The van der Waals surface area contributed by atoms with Crippen LogP contribution in [-0.2, 0) is 17.0 Å². The molecule has 120 valence electrons. The van der Waals surface area contributed by atoms with Gasteiger partial charge in [-0.05, 0) is 35.4 Å². The predicted molar refractivity (Wildman–Crippen MR) is 78.4 cm³/mol. The van der Waals surface area contributed by atoms with E-state index in [4.69, 9.17) is 13.7 Å². The van der Waals surface area contributed by atoms with E-state index in [0.717, 1.165) is 19.4 Å². The van der Waals surface area contributed by atoms with Crippen molar-refractivity contribution < 1.29 is 13.7 Å². The van der Waals surface area contributed by atoms with Gasteiger partial charge in [0.15, 0.2) is 5.76 Å². The van der Waals surface area contributed by atoms with E-state index in [1.807, 2.05) is 0 Å². The number of nitrogens with zero attached hydrogens (tertiary/aromatic N) is 6. The molecule has 1 fully saturated rings. The highest BCUT2D eigenvalue weighted by Gasteiger charge is 2.19. The van der Waals surface area contributed by atoms with Crippen LogP contribution in [0.5, 0.6) is 0 Å². The Kier molecular flexibility index (Phi) is 4.07. The summed E-state index contributed by atoms with van der Waals surface area (Å²) in [5.41, 5.74) is 0. The quantitative estimate of drug-likeness (QED) is 0.624. The molecular weight excluding hydrogens is 320 g/mol. The zero-order valence-corrected chi connectivity index (χ0v) is 13.0. The second-order valence-electron chi connectivity index (χ2n) is 5.06. The number of ether oxygens (including phenoxy) is 1. The Morgan fingerprint density at radius 2 is 2.39 bits per heavy atom. The normalized spacial score (nSPS) is 17.8. The first-order chi connectivity index (χ1) is 11.4. The Bertz CT molecular complexity index is 749. The first-order valence-electron chi connectivity index (χ1n) is 7.25. The lowest BCUT2D eigenvalue weighted by Crippen LogP contribution is -2.16. The van der Waals surface area contributed by atoms with E-state index < -0.39 is 0 Å². The third-order valence-corrected chi connectivity index (χ3v) is 4.38. The van der Waals surface area contributed by atoms with E-state index in [1.54, 1.807) is 23.1 Å². The van der Waals surface area contributed by atoms with Gasteiger partial charge in [0.25, 0.3) is 0 Å². The Balaban J connectivity index is 1.38. The van der Waals surface area contributed by atoms with Gasteiger partial charge in [-0.15, -0.1) is 5.10 Å². The average molecular weight is 334 g/mol. The van der Waals surface area contributed by atoms with Crippen LogP contribution in [0.15, 0.2) is 32.5 Å². The molecule has 10 heteroatoms. The van der Waals surface area contributed by atoms with Gasteiger partial charge in [-0.25, -0.2) is 4.68 Å². The van der Waals surface area contributed by atoms with Crippen LogP contribution in [0.25, 0.3) is 11.6 Å². The van der Waals surface area contributed by atoms with Gasteiger partial charge in [0, 0.05) is 6.61 Å². The summed E-state index contributed by atoms with van der Waals surface area (Å²) < 4.78 is 17.8. The van der Waals surface area contributed by atoms with Crippen molar-refractivity contribution in [1.29, 1.82) is 0 Å². The molecule has 0 spiro atoms. The topological polar surface area (TPSA) is 105 Å². The van der Waals surface area contributed by atoms with Crippen LogP contribution in [0.1, 0.15) is 18.7 Å². The summed E-state index contributed by atoms with van der Waals surface area (Å²) in [5, 5.41) is 16.4. The van der Waals surface area contributed by atoms with E-state index >= 15 is 0 Å². The van der Waals surface area contributed by atoms with E-state index in [9.17, 15) is 0 Å². The minimum absolute atomic E-state index is 0.187. The second kappa shape index (κ2) is 6.50. The van der Waals surface area contributed by atoms with E-state index in [-0.39, 0.29) is 6.10 Å². The molecule has 0 saturated carbocycles. The van der Waals surface area contributed by atoms with Gasteiger partial charge in [0.1, 0.15) is 0 Å². The molecule has 4 heterocycles. The maximum Gasteiger partial charge on any atom is 0.238 e. The zero-order valence-electron chi connectivity index (χ0n) is 12.2. The minimum Gasteiger partial charge on any atom is -0.461 e. The van der Waals surface area contributed by atoms with Crippen LogP contribution in [-0.4, -0.2) is 43.1 Å². The zero-order chi connectivity index (χ0) is 15.5. The van der Waals surface area contributed by atoms with Gasteiger partial charge in [0.2, 0.25) is 16.9 Å². The van der Waals surface area contributed by atoms with Gasteiger partial charge in [-0.1, -0.05) is 16.9 Å². The standard InChI is InChI=1S/C13H14N6O3S/c1-3-9(20-5-1)7-19-13(15-17-18-19)23-8-11-14-12(16-22-11)10-4-2-6-21-10/h2,4,6,9H,1,3,5,7-8H2.